The summed E-state index contributed by atoms with van der Waals surface area (Å²) in [5.41, 5.74) is 0.592. The van der Waals surface area contributed by atoms with Crippen LogP contribution in [0.4, 0.5) is 0 Å². The topological polar surface area (TPSA) is 75.4 Å². The summed E-state index contributed by atoms with van der Waals surface area (Å²) in [6.07, 6.45) is 4.01. The third-order valence-corrected chi connectivity index (χ3v) is 4.16. The second-order valence-corrected chi connectivity index (χ2v) is 5.84. The van der Waals surface area contributed by atoms with Crippen LogP contribution in [0.1, 0.15) is 23.7 Å². The summed E-state index contributed by atoms with van der Waals surface area (Å²) in [5, 5.41) is 13.4. The average Bonchev–Trinajstić information content (AvgIpc) is 3.17. The molecule has 0 bridgehead atoms. The fourth-order valence-corrected chi connectivity index (χ4v) is 2.67. The van der Waals surface area contributed by atoms with Crippen molar-refractivity contribution < 1.29 is 14.7 Å². The average molecular weight is 299 g/mol. The number of hydrogen-bond acceptors (Lipinski definition) is 3. The van der Waals surface area contributed by atoms with E-state index < -0.39 is 11.4 Å². The molecule has 1 atom stereocenters. The van der Waals surface area contributed by atoms with Crippen molar-refractivity contribution in [3.8, 4) is 5.69 Å². The first-order chi connectivity index (χ1) is 10.5. The Kier molecular flexibility index (Phi) is 3.44. The molecule has 1 aliphatic heterocycles. The fraction of sp³-hybridized carbons (Fsp3) is 0.312. The third-order valence-electron chi connectivity index (χ3n) is 4.16. The highest BCUT2D eigenvalue weighted by Gasteiger charge is 2.42. The highest BCUT2D eigenvalue weighted by molar-refractivity contribution is 5.95. The predicted molar refractivity (Wildman–Crippen MR) is 79.8 cm³/mol. The van der Waals surface area contributed by atoms with Crippen molar-refractivity contribution in [1.82, 2.24) is 14.7 Å². The van der Waals surface area contributed by atoms with Crippen LogP contribution >= 0.6 is 0 Å². The van der Waals surface area contributed by atoms with E-state index in [1.54, 1.807) is 34.8 Å². The van der Waals surface area contributed by atoms with Gasteiger partial charge >= 0.3 is 5.97 Å². The van der Waals surface area contributed by atoms with Crippen molar-refractivity contribution in [2.75, 3.05) is 13.1 Å². The van der Waals surface area contributed by atoms with Gasteiger partial charge in [-0.25, -0.2) is 4.68 Å². The van der Waals surface area contributed by atoms with Crippen LogP contribution in [0.5, 0.6) is 0 Å². The van der Waals surface area contributed by atoms with Crippen LogP contribution in [0.3, 0.4) is 0 Å². The number of hydrogen-bond donors (Lipinski definition) is 1. The number of aliphatic carboxylic acids is 1. The van der Waals surface area contributed by atoms with Gasteiger partial charge < -0.3 is 10.0 Å². The van der Waals surface area contributed by atoms with E-state index in [0.717, 1.165) is 5.69 Å². The summed E-state index contributed by atoms with van der Waals surface area (Å²) in [6, 6.07) is 8.97. The highest BCUT2D eigenvalue weighted by Crippen LogP contribution is 2.31. The van der Waals surface area contributed by atoms with Gasteiger partial charge in [-0.3, -0.25) is 9.59 Å². The second kappa shape index (κ2) is 5.29. The van der Waals surface area contributed by atoms with E-state index in [1.165, 1.54) is 0 Å². The molecule has 22 heavy (non-hydrogen) atoms. The van der Waals surface area contributed by atoms with Crippen LogP contribution in [0.2, 0.25) is 0 Å². The minimum Gasteiger partial charge on any atom is -0.481 e. The first kappa shape index (κ1) is 14.3. The summed E-state index contributed by atoms with van der Waals surface area (Å²) in [7, 11) is 0. The molecule has 0 radical (unpaired) electrons. The van der Waals surface area contributed by atoms with Gasteiger partial charge in [0.05, 0.1) is 11.1 Å². The van der Waals surface area contributed by atoms with Gasteiger partial charge in [0.15, 0.2) is 0 Å². The summed E-state index contributed by atoms with van der Waals surface area (Å²) in [5.74, 6) is -0.978. The number of carbonyl (C=O) groups is 2. The lowest BCUT2D eigenvalue weighted by molar-refractivity contribution is -0.147. The SMILES string of the molecule is C[C@@]1(C(=O)O)CCN(C(=O)c2ccc(-n3cccn3)cc2)C1. The molecule has 0 aliphatic carbocycles. The maximum Gasteiger partial charge on any atom is 0.311 e. The molecule has 0 saturated carbocycles. The molecule has 3 rings (SSSR count). The van der Waals surface area contributed by atoms with Crippen molar-refractivity contribution >= 4 is 11.9 Å². The number of aromatic nitrogens is 2. The van der Waals surface area contributed by atoms with Crippen molar-refractivity contribution in [3.63, 3.8) is 0 Å². The summed E-state index contributed by atoms with van der Waals surface area (Å²) >= 11 is 0. The van der Waals surface area contributed by atoms with Crippen molar-refractivity contribution in [3.05, 3.63) is 48.3 Å². The fourth-order valence-electron chi connectivity index (χ4n) is 2.67. The van der Waals surface area contributed by atoms with Gasteiger partial charge in [0.2, 0.25) is 0 Å². The molecule has 0 spiro atoms. The summed E-state index contributed by atoms with van der Waals surface area (Å²) < 4.78 is 1.71. The van der Waals surface area contributed by atoms with E-state index in [9.17, 15) is 14.7 Å². The van der Waals surface area contributed by atoms with E-state index in [0.29, 0.717) is 18.5 Å². The van der Waals surface area contributed by atoms with E-state index in [1.807, 2.05) is 24.4 Å². The minimum absolute atomic E-state index is 0.128. The van der Waals surface area contributed by atoms with Gasteiger partial charge in [-0.15, -0.1) is 0 Å². The normalized spacial score (nSPS) is 21.0. The van der Waals surface area contributed by atoms with Crippen LogP contribution < -0.4 is 0 Å². The van der Waals surface area contributed by atoms with Gasteiger partial charge in [0.1, 0.15) is 0 Å². The number of nitrogens with zero attached hydrogens (tertiary/aromatic N) is 3. The predicted octanol–water partition coefficient (Wildman–Crippen LogP) is 1.81. The smallest absolute Gasteiger partial charge is 0.311 e. The third kappa shape index (κ3) is 2.47. The molecule has 2 aromatic rings. The molecule has 6 heteroatoms. The molecule has 1 saturated heterocycles. The lowest BCUT2D eigenvalue weighted by Gasteiger charge is -2.20. The zero-order valence-corrected chi connectivity index (χ0v) is 12.3. The molecule has 1 aliphatic rings. The molecule has 0 unspecified atom stereocenters. The maximum atomic E-state index is 12.5. The Hall–Kier alpha value is -2.63. The molecule has 6 nitrogen and oxygen atoms in total. The van der Waals surface area contributed by atoms with Crippen LogP contribution in [0.15, 0.2) is 42.7 Å². The number of amides is 1. The van der Waals surface area contributed by atoms with Gasteiger partial charge in [-0.1, -0.05) is 0 Å². The number of rotatable bonds is 3. The molecule has 1 aromatic carbocycles. The lowest BCUT2D eigenvalue weighted by atomic mass is 9.90. The van der Waals surface area contributed by atoms with Gasteiger partial charge in [-0.2, -0.15) is 5.10 Å². The Labute approximate surface area is 128 Å². The molecule has 1 fully saturated rings. The molecular weight excluding hydrogens is 282 g/mol. The summed E-state index contributed by atoms with van der Waals surface area (Å²) in [4.78, 5) is 25.3. The molecular formula is C16H17N3O3. The first-order valence-electron chi connectivity index (χ1n) is 7.12. The van der Waals surface area contributed by atoms with Crippen molar-refractivity contribution in [2.45, 2.75) is 13.3 Å². The molecule has 1 aromatic heterocycles. The van der Waals surface area contributed by atoms with Crippen LogP contribution in [0.25, 0.3) is 5.69 Å². The Morgan fingerprint density at radius 1 is 1.27 bits per heavy atom. The monoisotopic (exact) mass is 299 g/mol. The Bertz CT molecular complexity index is 694. The molecule has 2 heterocycles. The van der Waals surface area contributed by atoms with Crippen molar-refractivity contribution in [2.24, 2.45) is 5.41 Å². The van der Waals surface area contributed by atoms with Gasteiger partial charge in [-0.05, 0) is 43.7 Å². The Morgan fingerprint density at radius 3 is 2.55 bits per heavy atom. The Morgan fingerprint density at radius 2 is 2.00 bits per heavy atom. The zero-order chi connectivity index (χ0) is 15.7. The van der Waals surface area contributed by atoms with Crippen LogP contribution in [-0.2, 0) is 4.79 Å². The van der Waals surface area contributed by atoms with E-state index in [-0.39, 0.29) is 12.5 Å². The van der Waals surface area contributed by atoms with E-state index in [2.05, 4.69) is 5.10 Å². The highest BCUT2D eigenvalue weighted by atomic mass is 16.4. The zero-order valence-electron chi connectivity index (χ0n) is 12.3. The van der Waals surface area contributed by atoms with Crippen LogP contribution in [0, 0.1) is 5.41 Å². The standard InChI is InChI=1S/C16H17N3O3/c1-16(15(21)22)7-10-18(11-16)14(20)12-3-5-13(6-4-12)19-9-2-8-17-19/h2-6,8-9H,7,10-11H2,1H3,(H,21,22)/t16-/m1/s1. The number of benzene rings is 1. The number of likely N-dealkylation sites (tertiary alicyclic amines) is 1. The lowest BCUT2D eigenvalue weighted by Crippen LogP contribution is -2.34. The van der Waals surface area contributed by atoms with E-state index in [4.69, 9.17) is 0 Å². The second-order valence-electron chi connectivity index (χ2n) is 5.84. The first-order valence-corrected chi connectivity index (χ1v) is 7.12. The summed E-state index contributed by atoms with van der Waals surface area (Å²) in [6.45, 7) is 2.41. The largest absolute Gasteiger partial charge is 0.481 e. The Balaban J connectivity index is 1.75. The van der Waals surface area contributed by atoms with Gasteiger partial charge in [0.25, 0.3) is 5.91 Å². The van der Waals surface area contributed by atoms with E-state index >= 15 is 0 Å². The molecule has 1 N–H and O–H groups in total. The number of carbonyl (C=O) groups excluding carboxylic acids is 1. The number of carboxylic acid groups (broad SMARTS) is 1. The maximum absolute atomic E-state index is 12.5. The van der Waals surface area contributed by atoms with Crippen LogP contribution in [-0.4, -0.2) is 44.8 Å². The molecule has 114 valence electrons. The minimum atomic E-state index is -0.850. The van der Waals surface area contributed by atoms with Crippen molar-refractivity contribution in [1.29, 1.82) is 0 Å². The molecule has 1 amide bonds. The quantitative estimate of drug-likeness (QED) is 0.938. The number of carboxylic acids is 1. The van der Waals surface area contributed by atoms with Gasteiger partial charge in [0, 0.05) is 31.0 Å².